The number of phenols is 2. The third kappa shape index (κ3) is 1.32. The lowest BCUT2D eigenvalue weighted by Gasteiger charge is -2.06. The molecule has 0 aliphatic heterocycles. The van der Waals surface area contributed by atoms with Crippen LogP contribution in [0.15, 0.2) is 30.3 Å². The van der Waals surface area contributed by atoms with Gasteiger partial charge >= 0.3 is 0 Å². The standard InChI is InChI=1S/C12H9N3O2/c13-10-5-7-9(17)4-6-2-1-3-8(16)11(6)12(7)15-14-10/h1-5,16-17H,(H2,13,14). The largest absolute Gasteiger partial charge is 0.507 e. The summed E-state index contributed by atoms with van der Waals surface area (Å²) in [5.41, 5.74) is 5.96. The molecule has 84 valence electrons. The molecule has 0 fully saturated rings. The van der Waals surface area contributed by atoms with Crippen LogP contribution in [0.3, 0.4) is 0 Å². The molecular weight excluding hydrogens is 218 g/mol. The van der Waals surface area contributed by atoms with Crippen molar-refractivity contribution in [1.29, 1.82) is 0 Å². The fourth-order valence-corrected chi connectivity index (χ4v) is 1.95. The number of phenolic OH excluding ortho intramolecular Hbond substituents is 2. The highest BCUT2D eigenvalue weighted by molar-refractivity contribution is 6.10. The van der Waals surface area contributed by atoms with Crippen molar-refractivity contribution in [2.75, 3.05) is 5.73 Å². The Bertz CT molecular complexity index is 740. The summed E-state index contributed by atoms with van der Waals surface area (Å²) in [5, 5.41) is 29.2. The summed E-state index contributed by atoms with van der Waals surface area (Å²) in [5.74, 6) is 0.397. The lowest BCUT2D eigenvalue weighted by Crippen LogP contribution is -1.94. The van der Waals surface area contributed by atoms with Gasteiger partial charge in [-0.15, -0.1) is 10.2 Å². The molecule has 0 bridgehead atoms. The topological polar surface area (TPSA) is 92.3 Å². The summed E-state index contributed by atoms with van der Waals surface area (Å²) in [7, 11) is 0. The molecule has 1 aromatic heterocycles. The molecule has 0 atom stereocenters. The van der Waals surface area contributed by atoms with Crippen molar-refractivity contribution < 1.29 is 10.2 Å². The van der Waals surface area contributed by atoms with Gasteiger partial charge in [0.25, 0.3) is 0 Å². The first kappa shape index (κ1) is 9.65. The minimum Gasteiger partial charge on any atom is -0.507 e. The van der Waals surface area contributed by atoms with Gasteiger partial charge in [0.15, 0.2) is 0 Å². The average molecular weight is 227 g/mol. The van der Waals surface area contributed by atoms with Crippen LogP contribution in [-0.2, 0) is 0 Å². The average Bonchev–Trinajstić information content (AvgIpc) is 2.30. The van der Waals surface area contributed by atoms with Gasteiger partial charge in [0, 0.05) is 5.39 Å². The highest BCUT2D eigenvalue weighted by Gasteiger charge is 2.11. The predicted octanol–water partition coefficient (Wildman–Crippen LogP) is 1.78. The van der Waals surface area contributed by atoms with Crippen LogP contribution < -0.4 is 5.73 Å². The maximum absolute atomic E-state index is 9.88. The number of fused-ring (bicyclic) bond motifs is 3. The van der Waals surface area contributed by atoms with Gasteiger partial charge in [0.1, 0.15) is 22.8 Å². The van der Waals surface area contributed by atoms with E-state index in [4.69, 9.17) is 5.73 Å². The molecule has 0 aliphatic carbocycles. The third-order valence-corrected chi connectivity index (χ3v) is 2.69. The second-order valence-electron chi connectivity index (χ2n) is 3.80. The number of aromatic nitrogens is 2. The number of nitrogens with zero attached hydrogens (tertiary/aromatic N) is 2. The highest BCUT2D eigenvalue weighted by Crippen LogP contribution is 2.36. The van der Waals surface area contributed by atoms with E-state index < -0.39 is 0 Å². The molecular formula is C12H9N3O2. The molecule has 2 aromatic carbocycles. The Morgan fingerprint density at radius 2 is 1.82 bits per heavy atom. The van der Waals surface area contributed by atoms with Gasteiger partial charge in [0.2, 0.25) is 0 Å². The Balaban J connectivity index is 2.63. The molecule has 0 saturated carbocycles. The van der Waals surface area contributed by atoms with E-state index in [-0.39, 0.29) is 17.3 Å². The first-order valence-electron chi connectivity index (χ1n) is 5.03. The zero-order chi connectivity index (χ0) is 12.0. The zero-order valence-corrected chi connectivity index (χ0v) is 8.75. The Hall–Kier alpha value is -2.56. The molecule has 17 heavy (non-hydrogen) atoms. The number of aromatic hydroxyl groups is 2. The van der Waals surface area contributed by atoms with Crippen LogP contribution in [0.25, 0.3) is 21.7 Å². The summed E-state index contributed by atoms with van der Waals surface area (Å²) in [4.78, 5) is 0. The minimum absolute atomic E-state index is 0.0692. The molecule has 4 N–H and O–H groups in total. The second-order valence-corrected chi connectivity index (χ2v) is 3.80. The van der Waals surface area contributed by atoms with Crippen molar-refractivity contribution in [1.82, 2.24) is 10.2 Å². The van der Waals surface area contributed by atoms with Gasteiger partial charge in [-0.2, -0.15) is 0 Å². The van der Waals surface area contributed by atoms with E-state index in [9.17, 15) is 10.2 Å². The summed E-state index contributed by atoms with van der Waals surface area (Å²) in [6, 6.07) is 8.15. The Kier molecular flexibility index (Phi) is 1.82. The summed E-state index contributed by atoms with van der Waals surface area (Å²) in [6.45, 7) is 0. The number of hydrogen-bond donors (Lipinski definition) is 3. The molecule has 0 amide bonds. The normalized spacial score (nSPS) is 11.1. The second kappa shape index (κ2) is 3.21. The van der Waals surface area contributed by atoms with Crippen LogP contribution in [0, 0.1) is 0 Å². The van der Waals surface area contributed by atoms with E-state index in [1.54, 1.807) is 24.3 Å². The van der Waals surface area contributed by atoms with Gasteiger partial charge in [-0.25, -0.2) is 0 Å². The number of hydrogen-bond acceptors (Lipinski definition) is 5. The van der Waals surface area contributed by atoms with Crippen LogP contribution in [-0.4, -0.2) is 20.4 Å². The fourth-order valence-electron chi connectivity index (χ4n) is 1.95. The molecule has 5 nitrogen and oxygen atoms in total. The number of nitrogens with two attached hydrogens (primary N) is 1. The SMILES string of the molecule is Nc1cc2c(O)cc3cccc(O)c3c2nn1. The summed E-state index contributed by atoms with van der Waals surface area (Å²) in [6.07, 6.45) is 0. The molecule has 5 heteroatoms. The Labute approximate surface area is 96.1 Å². The van der Waals surface area contributed by atoms with Crippen LogP contribution >= 0.6 is 0 Å². The Morgan fingerprint density at radius 1 is 1.00 bits per heavy atom. The molecule has 0 radical (unpaired) electrons. The van der Waals surface area contributed by atoms with Gasteiger partial charge in [0.05, 0.1) is 5.39 Å². The van der Waals surface area contributed by atoms with Crippen LogP contribution in [0.4, 0.5) is 5.82 Å². The summed E-state index contributed by atoms with van der Waals surface area (Å²) >= 11 is 0. The van der Waals surface area contributed by atoms with E-state index >= 15 is 0 Å². The minimum atomic E-state index is 0.0692. The van der Waals surface area contributed by atoms with Crippen molar-refractivity contribution in [3.05, 3.63) is 30.3 Å². The molecule has 0 spiro atoms. The number of anilines is 1. The number of rotatable bonds is 0. The van der Waals surface area contributed by atoms with E-state index in [1.165, 1.54) is 6.07 Å². The first-order valence-corrected chi connectivity index (χ1v) is 5.03. The maximum Gasteiger partial charge on any atom is 0.146 e. The Morgan fingerprint density at radius 3 is 2.65 bits per heavy atom. The van der Waals surface area contributed by atoms with E-state index in [2.05, 4.69) is 10.2 Å². The van der Waals surface area contributed by atoms with Gasteiger partial charge in [-0.3, -0.25) is 0 Å². The van der Waals surface area contributed by atoms with Crippen molar-refractivity contribution in [3.8, 4) is 11.5 Å². The monoisotopic (exact) mass is 227 g/mol. The van der Waals surface area contributed by atoms with E-state index in [0.29, 0.717) is 21.7 Å². The summed E-state index contributed by atoms with van der Waals surface area (Å²) < 4.78 is 0. The lowest BCUT2D eigenvalue weighted by molar-refractivity contribution is 0.480. The lowest BCUT2D eigenvalue weighted by atomic mass is 10.0. The van der Waals surface area contributed by atoms with E-state index in [0.717, 1.165) is 0 Å². The molecule has 1 heterocycles. The van der Waals surface area contributed by atoms with Crippen molar-refractivity contribution >= 4 is 27.5 Å². The van der Waals surface area contributed by atoms with Crippen molar-refractivity contribution in [2.45, 2.75) is 0 Å². The van der Waals surface area contributed by atoms with Gasteiger partial charge in [-0.1, -0.05) is 12.1 Å². The molecule has 0 saturated heterocycles. The van der Waals surface area contributed by atoms with Gasteiger partial charge in [-0.05, 0) is 23.6 Å². The number of benzene rings is 2. The van der Waals surface area contributed by atoms with Crippen LogP contribution in [0.2, 0.25) is 0 Å². The molecule has 3 aromatic rings. The first-order chi connectivity index (χ1) is 8.16. The quantitative estimate of drug-likeness (QED) is 0.509. The van der Waals surface area contributed by atoms with Crippen molar-refractivity contribution in [3.63, 3.8) is 0 Å². The van der Waals surface area contributed by atoms with Crippen molar-refractivity contribution in [2.24, 2.45) is 0 Å². The number of nitrogen functional groups attached to an aromatic ring is 1. The van der Waals surface area contributed by atoms with Crippen LogP contribution in [0.5, 0.6) is 11.5 Å². The highest BCUT2D eigenvalue weighted by atomic mass is 16.3. The molecule has 3 rings (SSSR count). The van der Waals surface area contributed by atoms with Crippen LogP contribution in [0.1, 0.15) is 0 Å². The molecule has 0 unspecified atom stereocenters. The smallest absolute Gasteiger partial charge is 0.146 e. The third-order valence-electron chi connectivity index (χ3n) is 2.69. The zero-order valence-electron chi connectivity index (χ0n) is 8.75. The fraction of sp³-hybridized carbons (Fsp3) is 0. The predicted molar refractivity (Wildman–Crippen MR) is 64.8 cm³/mol. The maximum atomic E-state index is 9.88. The van der Waals surface area contributed by atoms with Gasteiger partial charge < -0.3 is 15.9 Å². The van der Waals surface area contributed by atoms with E-state index in [1.807, 2.05) is 0 Å². The molecule has 0 aliphatic rings.